The van der Waals surface area contributed by atoms with Gasteiger partial charge in [-0.2, -0.15) is 10.5 Å². The lowest BCUT2D eigenvalue weighted by molar-refractivity contribution is -0.159. The molecule has 4 saturated heterocycles. The van der Waals surface area contributed by atoms with Crippen LogP contribution in [0.15, 0.2) is 48.1 Å². The van der Waals surface area contributed by atoms with E-state index in [0.717, 1.165) is 80.3 Å². The Morgan fingerprint density at radius 1 is 0.784 bits per heavy atom. The number of allylic oxidation sites excluding steroid dienone is 2. The van der Waals surface area contributed by atoms with Gasteiger partial charge in [-0.05, 0) is 62.0 Å². The summed E-state index contributed by atoms with van der Waals surface area (Å²) in [5.74, 6) is -3.98. The Labute approximate surface area is 299 Å². The van der Waals surface area contributed by atoms with Crippen LogP contribution in [0.3, 0.4) is 0 Å². The zero-order valence-electron chi connectivity index (χ0n) is 27.8. The topological polar surface area (TPSA) is 216 Å². The molecule has 6 heterocycles. The van der Waals surface area contributed by atoms with Crippen molar-refractivity contribution < 1.29 is 38.9 Å². The van der Waals surface area contributed by atoms with E-state index in [1.807, 2.05) is 12.1 Å². The molecular formula is C36H37ClN6O8. The van der Waals surface area contributed by atoms with Gasteiger partial charge in [0, 0.05) is 72.7 Å². The molecule has 0 saturated carbocycles. The highest BCUT2D eigenvalue weighted by molar-refractivity contribution is 6.52. The van der Waals surface area contributed by atoms with Crippen molar-refractivity contribution in [1.82, 2.24) is 20.2 Å². The first-order valence-corrected chi connectivity index (χ1v) is 16.8. The van der Waals surface area contributed by atoms with Gasteiger partial charge >= 0.3 is 11.9 Å². The first kappa shape index (κ1) is 37.3. The predicted molar refractivity (Wildman–Crippen MR) is 182 cm³/mol. The van der Waals surface area contributed by atoms with E-state index in [9.17, 15) is 14.9 Å². The zero-order chi connectivity index (χ0) is 36.6. The van der Waals surface area contributed by atoms with Gasteiger partial charge in [-0.25, -0.2) is 9.59 Å². The van der Waals surface area contributed by atoms with E-state index >= 15 is 0 Å². The highest BCUT2D eigenvalue weighted by Crippen LogP contribution is 2.42. The number of Topliss-reactive ketones (excluding diaryl/α,β-unsaturated/α-hetero) is 2. The number of fused-ring (bicyclic) bond motifs is 2. The summed E-state index contributed by atoms with van der Waals surface area (Å²) in [6.07, 6.45) is 11.9. The first-order chi connectivity index (χ1) is 24.5. The average molecular weight is 717 g/mol. The summed E-state index contributed by atoms with van der Waals surface area (Å²) in [6, 6.07) is 7.59. The predicted octanol–water partition coefficient (Wildman–Crippen LogP) is 2.78. The number of aliphatic carboxylic acids is 2. The molecule has 4 aliphatic heterocycles. The maximum Gasteiger partial charge on any atom is 0.414 e. The molecule has 2 aliphatic carbocycles. The number of carbonyl (C=O) groups is 4. The third-order valence-corrected chi connectivity index (χ3v) is 10.3. The SMILES string of the molecule is C1CC2(CCN1)COC2.N#CC1=C(Cl)c2ccncc2CC1=O.N#CC1=C(N2CCC3(CC2)COC3)c2ccncc2CC1=O.O=C(O)C(=O)O. The Bertz CT molecular complexity index is 1820. The second-order valence-corrected chi connectivity index (χ2v) is 13.6. The van der Waals surface area contributed by atoms with Gasteiger partial charge in [-0.3, -0.25) is 19.6 Å². The van der Waals surface area contributed by atoms with Crippen LogP contribution in [0.4, 0.5) is 0 Å². The average Bonchev–Trinajstić information content (AvgIpc) is 3.11. The number of likely N-dealkylation sites (tertiary alicyclic amines) is 1. The van der Waals surface area contributed by atoms with Crippen molar-refractivity contribution in [1.29, 1.82) is 10.5 Å². The van der Waals surface area contributed by atoms with Crippen molar-refractivity contribution >= 4 is 45.8 Å². The molecule has 2 spiro atoms. The Kier molecular flexibility index (Phi) is 12.0. The number of hydrogen-bond donors (Lipinski definition) is 3. The Hall–Kier alpha value is -4.99. The lowest BCUT2D eigenvalue weighted by Crippen LogP contribution is -2.50. The van der Waals surface area contributed by atoms with Crippen molar-refractivity contribution in [3.63, 3.8) is 0 Å². The number of pyridine rings is 2. The zero-order valence-corrected chi connectivity index (χ0v) is 28.6. The molecule has 2 aromatic heterocycles. The third kappa shape index (κ3) is 8.49. The van der Waals surface area contributed by atoms with E-state index < -0.39 is 11.9 Å². The summed E-state index contributed by atoms with van der Waals surface area (Å²) in [4.78, 5) is 52.1. The molecule has 14 nitrogen and oxygen atoms in total. The van der Waals surface area contributed by atoms with Crippen LogP contribution >= 0.6 is 11.6 Å². The molecule has 266 valence electrons. The minimum Gasteiger partial charge on any atom is -0.473 e. The molecule has 6 aliphatic rings. The summed E-state index contributed by atoms with van der Waals surface area (Å²) in [5.41, 5.74) is 5.55. The lowest BCUT2D eigenvalue weighted by Gasteiger charge is -2.48. The van der Waals surface area contributed by atoms with E-state index in [1.165, 1.54) is 25.9 Å². The van der Waals surface area contributed by atoms with E-state index in [-0.39, 0.29) is 35.0 Å². The number of halogens is 1. The number of nitrogens with zero attached hydrogens (tertiary/aromatic N) is 5. The smallest absolute Gasteiger partial charge is 0.414 e. The molecule has 0 atom stereocenters. The Morgan fingerprint density at radius 2 is 1.25 bits per heavy atom. The number of rotatable bonds is 1. The molecule has 15 heteroatoms. The number of carboxylic acid groups (broad SMARTS) is 2. The minimum absolute atomic E-state index is 0.0466. The second-order valence-electron chi connectivity index (χ2n) is 13.2. The van der Waals surface area contributed by atoms with E-state index in [2.05, 4.69) is 26.3 Å². The number of aromatic nitrogens is 2. The van der Waals surface area contributed by atoms with Gasteiger partial charge in [0.2, 0.25) is 0 Å². The van der Waals surface area contributed by atoms with Crippen molar-refractivity contribution in [2.45, 2.75) is 38.5 Å². The summed E-state index contributed by atoms with van der Waals surface area (Å²) >= 11 is 5.92. The van der Waals surface area contributed by atoms with Gasteiger partial charge in [-0.15, -0.1) is 0 Å². The van der Waals surface area contributed by atoms with Crippen molar-refractivity contribution in [2.75, 3.05) is 52.6 Å². The Morgan fingerprint density at radius 3 is 1.71 bits per heavy atom. The lowest BCUT2D eigenvalue weighted by atomic mass is 9.76. The summed E-state index contributed by atoms with van der Waals surface area (Å²) in [5, 5.41) is 36.6. The van der Waals surface area contributed by atoms with E-state index in [0.29, 0.717) is 16.4 Å². The third-order valence-electron chi connectivity index (χ3n) is 9.86. The van der Waals surface area contributed by atoms with Crippen molar-refractivity contribution in [2.24, 2.45) is 10.8 Å². The van der Waals surface area contributed by atoms with E-state index in [1.54, 1.807) is 30.9 Å². The standard InChI is InChI=1S/C17H17N3O2.C10H5ClN2O.C7H13NO.C2H2O4/c18-8-14-15(21)7-12-9-19-4-1-13(12)16(14)20-5-2-17(3-6-20)10-22-11-17;11-10-7-1-2-13-5-6(7)3-9(14)8(10)4-12;1-3-8-4-2-7(1)5-9-6-7;3-1(4)2(5)6/h1,4,9H,2-3,5-7,10-11H2;1-2,5H,3H2;8H,1-6H2;(H,3,4)(H,5,6). The van der Waals surface area contributed by atoms with Crippen LogP contribution in [0.25, 0.3) is 10.7 Å². The van der Waals surface area contributed by atoms with Gasteiger partial charge in [-0.1, -0.05) is 11.6 Å². The monoisotopic (exact) mass is 716 g/mol. The van der Waals surface area contributed by atoms with Crippen LogP contribution in [-0.4, -0.2) is 101 Å². The van der Waals surface area contributed by atoms with Crippen LogP contribution in [0, 0.1) is 33.5 Å². The molecule has 8 rings (SSSR count). The number of nitriles is 2. The van der Waals surface area contributed by atoms with Gasteiger partial charge in [0.1, 0.15) is 23.3 Å². The van der Waals surface area contributed by atoms with Crippen LogP contribution in [-0.2, 0) is 41.5 Å². The minimum atomic E-state index is -1.82. The number of carboxylic acids is 2. The van der Waals surface area contributed by atoms with Crippen molar-refractivity contribution in [3.05, 3.63) is 70.3 Å². The molecule has 0 aromatic carbocycles. The molecule has 0 unspecified atom stereocenters. The van der Waals surface area contributed by atoms with Gasteiger partial charge < -0.3 is 29.9 Å². The fourth-order valence-electron chi connectivity index (χ4n) is 6.70. The summed E-state index contributed by atoms with van der Waals surface area (Å²) < 4.78 is 10.6. The van der Waals surface area contributed by atoms with Crippen LogP contribution < -0.4 is 5.32 Å². The normalized spacial score (nSPS) is 20.6. The fourth-order valence-corrected chi connectivity index (χ4v) is 7.04. The fraction of sp³-hybridized carbons (Fsp3) is 0.444. The first-order valence-electron chi connectivity index (χ1n) is 16.5. The Balaban J connectivity index is 0.000000148. The number of hydrogen-bond acceptors (Lipinski definition) is 12. The van der Waals surface area contributed by atoms with Crippen LogP contribution in [0.1, 0.15) is 47.9 Å². The van der Waals surface area contributed by atoms with Crippen molar-refractivity contribution in [3.8, 4) is 12.1 Å². The maximum absolute atomic E-state index is 12.3. The largest absolute Gasteiger partial charge is 0.473 e. The number of ether oxygens (including phenoxy) is 2. The highest BCUT2D eigenvalue weighted by Gasteiger charge is 2.43. The quantitative estimate of drug-likeness (QED) is 0.362. The van der Waals surface area contributed by atoms with Gasteiger partial charge in [0.15, 0.2) is 11.6 Å². The number of carbonyl (C=O) groups excluding carboxylic acids is 2. The second kappa shape index (κ2) is 16.4. The summed E-state index contributed by atoms with van der Waals surface area (Å²) in [6.45, 7) is 7.89. The molecule has 0 radical (unpaired) electrons. The molecule has 51 heavy (non-hydrogen) atoms. The maximum atomic E-state index is 12.3. The van der Waals surface area contributed by atoms with Crippen LogP contribution in [0.5, 0.6) is 0 Å². The molecule has 3 N–H and O–H groups in total. The van der Waals surface area contributed by atoms with Crippen LogP contribution in [0.2, 0.25) is 0 Å². The van der Waals surface area contributed by atoms with Gasteiger partial charge in [0.25, 0.3) is 0 Å². The molecular weight excluding hydrogens is 680 g/mol. The summed E-state index contributed by atoms with van der Waals surface area (Å²) in [7, 11) is 0. The van der Waals surface area contributed by atoms with E-state index in [4.69, 9.17) is 46.1 Å². The van der Waals surface area contributed by atoms with Gasteiger partial charge in [0.05, 0.1) is 37.2 Å². The number of piperidine rings is 2. The molecule has 0 bridgehead atoms. The molecule has 0 amide bonds. The molecule has 2 aromatic rings. The number of nitrogens with one attached hydrogen (secondary N) is 1. The molecule has 4 fully saturated rings. The number of ketones is 2. The highest BCUT2D eigenvalue weighted by atomic mass is 35.5.